The van der Waals surface area contributed by atoms with Gasteiger partial charge in [0.05, 0.1) is 6.04 Å². The van der Waals surface area contributed by atoms with Gasteiger partial charge in [0.15, 0.2) is 11.5 Å². The number of carbonyl (C=O) groups is 1. The number of hydrogen-bond donors (Lipinski definition) is 0. The number of para-hydroxylation sites is 1. The van der Waals surface area contributed by atoms with E-state index in [1.54, 1.807) is 0 Å². The molecule has 0 N–H and O–H groups in total. The molecule has 2 heterocycles. The van der Waals surface area contributed by atoms with Crippen LogP contribution < -0.4 is 14.4 Å². The smallest absolute Gasteiger partial charge is 0.244 e. The molecule has 0 fully saturated rings. The van der Waals surface area contributed by atoms with Gasteiger partial charge in [-0.05, 0) is 49.7 Å². The number of rotatable bonds is 4. The maximum atomic E-state index is 13.0. The van der Waals surface area contributed by atoms with E-state index in [9.17, 15) is 4.79 Å². The van der Waals surface area contributed by atoms with Crippen LogP contribution >= 0.6 is 0 Å². The van der Waals surface area contributed by atoms with Gasteiger partial charge in [-0.3, -0.25) is 9.69 Å². The molecule has 2 aromatic rings. The van der Waals surface area contributed by atoms with Gasteiger partial charge < -0.3 is 14.4 Å². The molecule has 5 nitrogen and oxygen atoms in total. The average molecular weight is 352 g/mol. The van der Waals surface area contributed by atoms with Gasteiger partial charge in [-0.1, -0.05) is 24.3 Å². The fourth-order valence-corrected chi connectivity index (χ4v) is 3.59. The van der Waals surface area contributed by atoms with E-state index in [-0.39, 0.29) is 11.9 Å². The number of anilines is 1. The molecule has 0 saturated heterocycles. The van der Waals surface area contributed by atoms with Gasteiger partial charge in [-0.25, -0.2) is 0 Å². The molecule has 5 heteroatoms. The number of carbonyl (C=O) groups excluding carboxylic acids is 1. The molecule has 2 aliphatic rings. The summed E-state index contributed by atoms with van der Waals surface area (Å²) in [4.78, 5) is 17.0. The number of ether oxygens (including phenoxy) is 2. The van der Waals surface area contributed by atoms with Crippen molar-refractivity contribution in [3.63, 3.8) is 0 Å². The maximum absolute atomic E-state index is 13.0. The van der Waals surface area contributed by atoms with Gasteiger partial charge in [0, 0.05) is 18.8 Å². The zero-order valence-electron chi connectivity index (χ0n) is 15.3. The molecule has 0 bridgehead atoms. The van der Waals surface area contributed by atoms with Crippen molar-refractivity contribution in [2.75, 3.05) is 31.7 Å². The molecular formula is C21H24N2O3. The van der Waals surface area contributed by atoms with Gasteiger partial charge in [0.25, 0.3) is 0 Å². The molecule has 0 saturated carbocycles. The Bertz CT molecular complexity index is 821. The second-order valence-corrected chi connectivity index (χ2v) is 6.94. The van der Waals surface area contributed by atoms with Crippen LogP contribution in [0.4, 0.5) is 5.69 Å². The molecule has 1 atom stereocenters. The first-order chi connectivity index (χ1) is 12.6. The van der Waals surface area contributed by atoms with E-state index >= 15 is 0 Å². The van der Waals surface area contributed by atoms with Crippen LogP contribution in [0.25, 0.3) is 0 Å². The molecule has 0 unspecified atom stereocenters. The normalized spacial score (nSPS) is 16.5. The fraction of sp³-hybridized carbons (Fsp3) is 0.381. The summed E-state index contributed by atoms with van der Waals surface area (Å²) in [7, 11) is 1.99. The fourth-order valence-electron chi connectivity index (χ4n) is 3.59. The van der Waals surface area contributed by atoms with Gasteiger partial charge in [-0.15, -0.1) is 0 Å². The summed E-state index contributed by atoms with van der Waals surface area (Å²) in [6.45, 7) is 4.59. The third-order valence-electron chi connectivity index (χ3n) is 5.21. The molecule has 0 aromatic heterocycles. The second-order valence-electron chi connectivity index (χ2n) is 6.94. The van der Waals surface area contributed by atoms with Crippen molar-refractivity contribution in [3.8, 4) is 11.5 Å². The molecule has 2 aromatic carbocycles. The Morgan fingerprint density at radius 2 is 1.92 bits per heavy atom. The van der Waals surface area contributed by atoms with E-state index < -0.39 is 0 Å². The highest BCUT2D eigenvalue weighted by Gasteiger charge is 2.29. The topological polar surface area (TPSA) is 42.0 Å². The van der Waals surface area contributed by atoms with Crippen molar-refractivity contribution in [1.29, 1.82) is 0 Å². The van der Waals surface area contributed by atoms with Crippen molar-refractivity contribution in [2.24, 2.45) is 0 Å². The zero-order chi connectivity index (χ0) is 18.1. The summed E-state index contributed by atoms with van der Waals surface area (Å²) < 4.78 is 11.2. The number of likely N-dealkylation sites (N-methyl/N-ethyl adjacent to an activating group) is 1. The molecule has 26 heavy (non-hydrogen) atoms. The predicted octanol–water partition coefficient (Wildman–Crippen LogP) is 2.87. The molecule has 136 valence electrons. The lowest BCUT2D eigenvalue weighted by Crippen LogP contribution is -2.45. The Morgan fingerprint density at radius 1 is 1.15 bits per heavy atom. The van der Waals surface area contributed by atoms with E-state index in [0.29, 0.717) is 19.8 Å². The minimum Gasteiger partial charge on any atom is -0.486 e. The Labute approximate surface area is 154 Å². The van der Waals surface area contributed by atoms with Crippen LogP contribution in [-0.2, 0) is 17.8 Å². The van der Waals surface area contributed by atoms with Crippen molar-refractivity contribution >= 4 is 11.6 Å². The molecule has 0 radical (unpaired) electrons. The molecule has 1 amide bonds. The van der Waals surface area contributed by atoms with Crippen molar-refractivity contribution in [3.05, 3.63) is 53.6 Å². The lowest BCUT2D eigenvalue weighted by molar-refractivity contribution is -0.122. The van der Waals surface area contributed by atoms with Crippen LogP contribution in [0.5, 0.6) is 11.5 Å². The Hall–Kier alpha value is -2.53. The first-order valence-corrected chi connectivity index (χ1v) is 9.11. The van der Waals surface area contributed by atoms with Gasteiger partial charge in [0.2, 0.25) is 5.91 Å². The van der Waals surface area contributed by atoms with E-state index in [2.05, 4.69) is 11.0 Å². The highest BCUT2D eigenvalue weighted by molar-refractivity contribution is 5.98. The minimum atomic E-state index is -0.200. The van der Waals surface area contributed by atoms with Gasteiger partial charge in [0.1, 0.15) is 13.2 Å². The summed E-state index contributed by atoms with van der Waals surface area (Å²) in [5.41, 5.74) is 3.41. The molecular weight excluding hydrogens is 328 g/mol. The van der Waals surface area contributed by atoms with Crippen LogP contribution in [0, 0.1) is 0 Å². The third-order valence-corrected chi connectivity index (χ3v) is 5.21. The first-order valence-electron chi connectivity index (χ1n) is 9.11. The lowest BCUT2D eigenvalue weighted by atomic mass is 10.1. The van der Waals surface area contributed by atoms with E-state index in [1.807, 2.05) is 55.3 Å². The number of benzene rings is 2. The third kappa shape index (κ3) is 3.15. The highest BCUT2D eigenvalue weighted by atomic mass is 16.6. The summed E-state index contributed by atoms with van der Waals surface area (Å²) in [6, 6.07) is 14.0. The number of hydrogen-bond acceptors (Lipinski definition) is 4. The van der Waals surface area contributed by atoms with Crippen LogP contribution in [0.15, 0.2) is 42.5 Å². The Morgan fingerprint density at radius 3 is 2.77 bits per heavy atom. The Balaban J connectivity index is 1.45. The number of fused-ring (bicyclic) bond motifs is 2. The van der Waals surface area contributed by atoms with E-state index in [1.165, 1.54) is 5.56 Å². The molecule has 2 aliphatic heterocycles. The van der Waals surface area contributed by atoms with E-state index in [0.717, 1.165) is 35.7 Å². The average Bonchev–Trinajstić information content (AvgIpc) is 3.11. The van der Waals surface area contributed by atoms with Crippen LogP contribution in [0.1, 0.15) is 18.1 Å². The van der Waals surface area contributed by atoms with Crippen LogP contribution in [-0.4, -0.2) is 43.7 Å². The monoisotopic (exact) mass is 352 g/mol. The largest absolute Gasteiger partial charge is 0.486 e. The van der Waals surface area contributed by atoms with Gasteiger partial charge in [-0.2, -0.15) is 0 Å². The van der Waals surface area contributed by atoms with Crippen LogP contribution in [0.2, 0.25) is 0 Å². The SMILES string of the molecule is C[C@H](C(=O)N1CCc2ccccc21)N(C)Cc1ccc2c(c1)OCCO2. The first kappa shape index (κ1) is 16.9. The maximum Gasteiger partial charge on any atom is 0.244 e. The minimum absolute atomic E-state index is 0.148. The number of amides is 1. The second kappa shape index (κ2) is 7.00. The molecule has 4 rings (SSSR count). The molecule has 0 aliphatic carbocycles. The summed E-state index contributed by atoms with van der Waals surface area (Å²) >= 11 is 0. The van der Waals surface area contributed by atoms with E-state index in [4.69, 9.17) is 9.47 Å². The standard InChI is InChI=1S/C21H24N2O3/c1-15(21(24)23-10-9-17-5-3-4-6-18(17)23)22(2)14-16-7-8-19-20(13-16)26-12-11-25-19/h3-8,13,15H,9-12,14H2,1-2H3/t15-/m1/s1. The van der Waals surface area contributed by atoms with Crippen molar-refractivity contribution in [1.82, 2.24) is 4.90 Å². The van der Waals surface area contributed by atoms with Crippen LogP contribution in [0.3, 0.4) is 0 Å². The van der Waals surface area contributed by atoms with Gasteiger partial charge >= 0.3 is 0 Å². The zero-order valence-corrected chi connectivity index (χ0v) is 15.3. The Kier molecular flexibility index (Phi) is 4.55. The lowest BCUT2D eigenvalue weighted by Gasteiger charge is -2.29. The van der Waals surface area contributed by atoms with Crippen molar-refractivity contribution < 1.29 is 14.3 Å². The summed E-state index contributed by atoms with van der Waals surface area (Å²) in [6.07, 6.45) is 0.931. The quantitative estimate of drug-likeness (QED) is 0.849. The number of nitrogens with zero attached hydrogens (tertiary/aromatic N) is 2. The predicted molar refractivity (Wildman–Crippen MR) is 101 cm³/mol. The summed E-state index contributed by atoms with van der Waals surface area (Å²) in [5.74, 6) is 1.73. The molecule has 0 spiro atoms. The highest BCUT2D eigenvalue weighted by Crippen LogP contribution is 2.32. The summed E-state index contributed by atoms with van der Waals surface area (Å²) in [5, 5.41) is 0. The van der Waals surface area contributed by atoms with Crippen molar-refractivity contribution in [2.45, 2.75) is 25.9 Å².